The highest BCUT2D eigenvalue weighted by Gasteiger charge is 2.34. The Bertz CT molecular complexity index is 184. The summed E-state index contributed by atoms with van der Waals surface area (Å²) in [5.74, 6) is 0.201. The zero-order valence-electron chi connectivity index (χ0n) is 8.54. The van der Waals surface area contributed by atoms with E-state index < -0.39 is 0 Å². The summed E-state index contributed by atoms with van der Waals surface area (Å²) in [5, 5.41) is 3.23. The first kappa shape index (κ1) is 10.5. The summed E-state index contributed by atoms with van der Waals surface area (Å²) in [4.78, 5) is 13.5. The van der Waals surface area contributed by atoms with Crippen LogP contribution >= 0.6 is 0 Å². The van der Waals surface area contributed by atoms with E-state index in [0.717, 1.165) is 6.42 Å². The topological polar surface area (TPSA) is 41.6 Å². The molecule has 0 aromatic rings. The van der Waals surface area contributed by atoms with Crippen molar-refractivity contribution in [3.63, 3.8) is 0 Å². The number of nitrogens with zero attached hydrogens (tertiary/aromatic N) is 1. The van der Waals surface area contributed by atoms with Crippen LogP contribution in [0.2, 0.25) is 0 Å². The quantitative estimate of drug-likeness (QED) is 0.681. The van der Waals surface area contributed by atoms with E-state index in [2.05, 4.69) is 5.32 Å². The van der Waals surface area contributed by atoms with Crippen molar-refractivity contribution in [1.29, 1.82) is 0 Å². The Kier molecular flexibility index (Phi) is 3.69. The zero-order valence-corrected chi connectivity index (χ0v) is 8.54. The second-order valence-corrected chi connectivity index (χ2v) is 3.33. The Morgan fingerprint density at radius 3 is 2.77 bits per heavy atom. The van der Waals surface area contributed by atoms with Crippen LogP contribution in [0.1, 0.15) is 20.3 Å². The van der Waals surface area contributed by atoms with Crippen molar-refractivity contribution in [3.8, 4) is 0 Å². The van der Waals surface area contributed by atoms with Crippen LogP contribution in [0.3, 0.4) is 0 Å². The second kappa shape index (κ2) is 4.58. The maximum Gasteiger partial charge on any atom is 0.241 e. The van der Waals surface area contributed by atoms with Gasteiger partial charge in [-0.05, 0) is 13.3 Å². The number of amides is 1. The number of ether oxygens (including phenoxy) is 1. The monoisotopic (exact) mass is 186 g/mol. The van der Waals surface area contributed by atoms with E-state index in [1.165, 1.54) is 0 Å². The maximum atomic E-state index is 11.7. The minimum Gasteiger partial charge on any atom is -0.383 e. The van der Waals surface area contributed by atoms with Crippen molar-refractivity contribution in [2.45, 2.75) is 32.5 Å². The molecule has 1 aliphatic heterocycles. The summed E-state index contributed by atoms with van der Waals surface area (Å²) in [7, 11) is 1.65. The van der Waals surface area contributed by atoms with Crippen LogP contribution in [0.25, 0.3) is 0 Å². The number of methoxy groups -OCH3 is 1. The van der Waals surface area contributed by atoms with Crippen LogP contribution < -0.4 is 5.32 Å². The molecule has 0 aliphatic carbocycles. The van der Waals surface area contributed by atoms with E-state index in [1.54, 1.807) is 7.11 Å². The van der Waals surface area contributed by atoms with Gasteiger partial charge in [0.1, 0.15) is 0 Å². The molecule has 1 amide bonds. The Morgan fingerprint density at radius 2 is 2.31 bits per heavy atom. The molecule has 76 valence electrons. The third-order valence-electron chi connectivity index (χ3n) is 2.44. The van der Waals surface area contributed by atoms with Gasteiger partial charge >= 0.3 is 0 Å². The minimum absolute atomic E-state index is 0.00635. The average Bonchev–Trinajstić information content (AvgIpc) is 2.39. The van der Waals surface area contributed by atoms with Crippen LogP contribution in [0.4, 0.5) is 0 Å². The summed E-state index contributed by atoms with van der Waals surface area (Å²) in [6, 6.07) is 0.00635. The van der Waals surface area contributed by atoms with E-state index in [4.69, 9.17) is 4.74 Å². The van der Waals surface area contributed by atoms with Crippen molar-refractivity contribution in [2.75, 3.05) is 20.3 Å². The molecule has 13 heavy (non-hydrogen) atoms. The van der Waals surface area contributed by atoms with Crippen molar-refractivity contribution in [3.05, 3.63) is 0 Å². The van der Waals surface area contributed by atoms with Crippen LogP contribution in [0.5, 0.6) is 0 Å². The Hall–Kier alpha value is -0.610. The van der Waals surface area contributed by atoms with Crippen LogP contribution in [-0.2, 0) is 9.53 Å². The van der Waals surface area contributed by atoms with Crippen LogP contribution in [-0.4, -0.2) is 43.3 Å². The first-order chi connectivity index (χ1) is 6.20. The fourth-order valence-corrected chi connectivity index (χ4v) is 1.63. The van der Waals surface area contributed by atoms with Gasteiger partial charge in [-0.1, -0.05) is 6.92 Å². The summed E-state index contributed by atoms with van der Waals surface area (Å²) in [6.45, 7) is 5.31. The number of nitrogens with one attached hydrogen (secondary N) is 1. The molecule has 2 unspecified atom stereocenters. The van der Waals surface area contributed by atoms with E-state index in [9.17, 15) is 4.79 Å². The third kappa shape index (κ3) is 2.19. The van der Waals surface area contributed by atoms with Crippen LogP contribution in [0, 0.1) is 0 Å². The standard InChI is InChI=1S/C9H18N2O2/c1-4-8-9(12)11(5-6-13-3)7(2)10-8/h7-8,10H,4-6H2,1-3H3. The molecule has 0 spiro atoms. The van der Waals surface area contributed by atoms with Crippen LogP contribution in [0.15, 0.2) is 0 Å². The zero-order chi connectivity index (χ0) is 9.84. The highest BCUT2D eigenvalue weighted by Crippen LogP contribution is 2.11. The van der Waals surface area contributed by atoms with Gasteiger partial charge in [-0.2, -0.15) is 0 Å². The predicted molar refractivity (Wildman–Crippen MR) is 50.3 cm³/mol. The van der Waals surface area contributed by atoms with Gasteiger partial charge < -0.3 is 9.64 Å². The van der Waals surface area contributed by atoms with Gasteiger partial charge in [0.05, 0.1) is 18.8 Å². The van der Waals surface area contributed by atoms with Gasteiger partial charge in [-0.3, -0.25) is 10.1 Å². The van der Waals surface area contributed by atoms with Gasteiger partial charge in [0.2, 0.25) is 5.91 Å². The molecule has 1 N–H and O–H groups in total. The fourth-order valence-electron chi connectivity index (χ4n) is 1.63. The van der Waals surface area contributed by atoms with E-state index in [-0.39, 0.29) is 18.1 Å². The second-order valence-electron chi connectivity index (χ2n) is 3.33. The van der Waals surface area contributed by atoms with Crippen molar-refractivity contribution >= 4 is 5.91 Å². The lowest BCUT2D eigenvalue weighted by molar-refractivity contribution is -0.130. The summed E-state index contributed by atoms with van der Waals surface area (Å²) < 4.78 is 4.95. The molecule has 0 bridgehead atoms. The number of hydrogen-bond acceptors (Lipinski definition) is 3. The van der Waals surface area contributed by atoms with Gasteiger partial charge in [0, 0.05) is 13.7 Å². The lowest BCUT2D eigenvalue weighted by Gasteiger charge is -2.19. The molecule has 0 radical (unpaired) electrons. The van der Waals surface area contributed by atoms with Gasteiger partial charge in [-0.15, -0.1) is 0 Å². The smallest absolute Gasteiger partial charge is 0.241 e. The van der Waals surface area contributed by atoms with Crippen molar-refractivity contribution < 1.29 is 9.53 Å². The summed E-state index contributed by atoms with van der Waals surface area (Å²) in [5.41, 5.74) is 0. The molecule has 0 saturated carbocycles. The number of hydrogen-bond donors (Lipinski definition) is 1. The molecule has 1 fully saturated rings. The maximum absolute atomic E-state index is 11.7. The minimum atomic E-state index is 0.00635. The molecule has 2 atom stereocenters. The predicted octanol–water partition coefficient (Wildman–Crippen LogP) is 0.189. The molecule has 0 aromatic heterocycles. The first-order valence-electron chi connectivity index (χ1n) is 4.76. The van der Waals surface area contributed by atoms with Crippen molar-refractivity contribution in [2.24, 2.45) is 0 Å². The SMILES string of the molecule is CCC1NC(C)N(CCOC)C1=O. The summed E-state index contributed by atoms with van der Waals surface area (Å²) >= 11 is 0. The van der Waals surface area contributed by atoms with Crippen molar-refractivity contribution in [1.82, 2.24) is 10.2 Å². The van der Waals surface area contributed by atoms with E-state index in [0.29, 0.717) is 13.2 Å². The van der Waals surface area contributed by atoms with Gasteiger partial charge in [0.25, 0.3) is 0 Å². The molecule has 0 aromatic carbocycles. The molecule has 4 nitrogen and oxygen atoms in total. The van der Waals surface area contributed by atoms with Gasteiger partial charge in [0.15, 0.2) is 0 Å². The normalized spacial score (nSPS) is 28.5. The number of rotatable bonds is 4. The molecular formula is C9H18N2O2. The molecule has 1 aliphatic rings. The first-order valence-corrected chi connectivity index (χ1v) is 4.76. The largest absolute Gasteiger partial charge is 0.383 e. The molecule has 4 heteroatoms. The Labute approximate surface area is 79.2 Å². The molecule has 1 rings (SSSR count). The molecule has 1 heterocycles. The molecule has 1 saturated heterocycles. The highest BCUT2D eigenvalue weighted by atomic mass is 16.5. The van der Waals surface area contributed by atoms with E-state index in [1.807, 2.05) is 18.7 Å². The lowest BCUT2D eigenvalue weighted by Crippen LogP contribution is -2.37. The van der Waals surface area contributed by atoms with Gasteiger partial charge in [-0.25, -0.2) is 0 Å². The number of carbonyl (C=O) groups excluding carboxylic acids is 1. The fraction of sp³-hybridized carbons (Fsp3) is 0.889. The highest BCUT2D eigenvalue weighted by molar-refractivity contribution is 5.84. The lowest BCUT2D eigenvalue weighted by atomic mass is 10.2. The third-order valence-corrected chi connectivity index (χ3v) is 2.44. The molecular weight excluding hydrogens is 168 g/mol. The summed E-state index contributed by atoms with van der Waals surface area (Å²) in [6.07, 6.45) is 1.000. The average molecular weight is 186 g/mol. The van der Waals surface area contributed by atoms with E-state index >= 15 is 0 Å². The Morgan fingerprint density at radius 1 is 1.62 bits per heavy atom. The number of carbonyl (C=O) groups is 1. The Balaban J connectivity index is 2.49.